The number of anilines is 2. The molecule has 0 spiro atoms. The minimum Gasteiger partial charge on any atom is -0.465 e. The number of methoxy groups -OCH3 is 2. The van der Waals surface area contributed by atoms with Crippen LogP contribution in [-0.2, 0) is 14.3 Å². The number of amides is 1. The van der Waals surface area contributed by atoms with Crippen molar-refractivity contribution < 1.29 is 23.9 Å². The second kappa shape index (κ2) is 9.71. The second-order valence-corrected chi connectivity index (χ2v) is 4.87. The van der Waals surface area contributed by atoms with Crippen molar-refractivity contribution in [2.75, 3.05) is 25.3 Å². The molecule has 0 aliphatic rings. The van der Waals surface area contributed by atoms with Crippen molar-refractivity contribution in [2.24, 2.45) is 0 Å². The van der Waals surface area contributed by atoms with Gasteiger partial charge in [-0.05, 0) is 36.4 Å². The molecular formula is C18H20N2O5. The first-order valence-electron chi connectivity index (χ1n) is 7.27. The minimum atomic E-state index is -0.419. The molecule has 2 rings (SSSR count). The highest BCUT2D eigenvalue weighted by Crippen LogP contribution is 2.11. The molecule has 7 heteroatoms. The van der Waals surface area contributed by atoms with E-state index in [4.69, 9.17) is 5.73 Å². The van der Waals surface area contributed by atoms with E-state index in [-0.39, 0.29) is 11.9 Å². The van der Waals surface area contributed by atoms with E-state index in [0.717, 1.165) is 0 Å². The maximum atomic E-state index is 11.1. The molecule has 132 valence electrons. The predicted octanol–water partition coefficient (Wildman–Crippen LogP) is 2.49. The number of hydrogen-bond donors (Lipinski definition) is 2. The summed E-state index contributed by atoms with van der Waals surface area (Å²) >= 11 is 0. The van der Waals surface area contributed by atoms with Crippen LogP contribution in [-0.4, -0.2) is 32.1 Å². The molecule has 0 unspecified atom stereocenters. The molecule has 0 saturated carbocycles. The highest BCUT2D eigenvalue weighted by molar-refractivity contribution is 5.93. The molecule has 0 bridgehead atoms. The van der Waals surface area contributed by atoms with Gasteiger partial charge in [0.25, 0.3) is 0 Å². The lowest BCUT2D eigenvalue weighted by Gasteiger charge is -2.03. The van der Waals surface area contributed by atoms with E-state index in [1.54, 1.807) is 48.5 Å². The minimum absolute atomic E-state index is 0.174. The molecule has 2 aromatic carbocycles. The zero-order valence-corrected chi connectivity index (χ0v) is 14.2. The van der Waals surface area contributed by atoms with Crippen LogP contribution in [0.4, 0.5) is 11.4 Å². The molecule has 0 atom stereocenters. The fourth-order valence-corrected chi connectivity index (χ4v) is 1.83. The molecule has 0 aliphatic heterocycles. The fourth-order valence-electron chi connectivity index (χ4n) is 1.83. The Morgan fingerprint density at radius 2 is 1.40 bits per heavy atom. The first kappa shape index (κ1) is 19.7. The van der Waals surface area contributed by atoms with Gasteiger partial charge in [0.05, 0.1) is 25.3 Å². The highest BCUT2D eigenvalue weighted by Gasteiger charge is 2.05. The summed E-state index contributed by atoms with van der Waals surface area (Å²) in [4.78, 5) is 32.7. The van der Waals surface area contributed by atoms with Crippen molar-refractivity contribution in [3.05, 3.63) is 59.7 Å². The summed E-state index contributed by atoms with van der Waals surface area (Å²) in [5, 5.41) is 2.58. The summed E-state index contributed by atoms with van der Waals surface area (Å²) in [6.45, 7) is 1.41. The number of carbonyl (C=O) groups excluding carboxylic acids is 3. The number of carbonyl (C=O) groups is 3. The van der Waals surface area contributed by atoms with Crippen molar-refractivity contribution in [1.29, 1.82) is 0 Å². The van der Waals surface area contributed by atoms with Crippen molar-refractivity contribution in [3.63, 3.8) is 0 Å². The van der Waals surface area contributed by atoms with E-state index in [1.807, 2.05) is 0 Å². The van der Waals surface area contributed by atoms with E-state index < -0.39 is 5.97 Å². The number of benzene rings is 2. The number of esters is 2. The van der Waals surface area contributed by atoms with Gasteiger partial charge < -0.3 is 20.5 Å². The number of nitrogens with one attached hydrogen (secondary N) is 1. The zero-order valence-electron chi connectivity index (χ0n) is 14.2. The Morgan fingerprint density at radius 3 is 1.88 bits per heavy atom. The van der Waals surface area contributed by atoms with Crippen molar-refractivity contribution >= 4 is 29.2 Å². The Kier molecular flexibility index (Phi) is 7.65. The van der Waals surface area contributed by atoms with E-state index in [1.165, 1.54) is 21.1 Å². The van der Waals surface area contributed by atoms with Crippen LogP contribution in [0.2, 0.25) is 0 Å². The molecule has 3 N–H and O–H groups in total. The van der Waals surface area contributed by atoms with Crippen LogP contribution < -0.4 is 11.1 Å². The van der Waals surface area contributed by atoms with Crippen LogP contribution in [0.1, 0.15) is 27.6 Å². The van der Waals surface area contributed by atoms with Gasteiger partial charge in [0.1, 0.15) is 0 Å². The Labute approximate surface area is 145 Å². The van der Waals surface area contributed by atoms with Gasteiger partial charge >= 0.3 is 11.9 Å². The van der Waals surface area contributed by atoms with Crippen LogP contribution in [0.25, 0.3) is 0 Å². The monoisotopic (exact) mass is 344 g/mol. The topological polar surface area (TPSA) is 108 Å². The fraction of sp³-hybridized carbons (Fsp3) is 0.167. The number of nitrogen functional groups attached to an aromatic ring is 1. The largest absolute Gasteiger partial charge is 0.465 e. The van der Waals surface area contributed by atoms with Crippen molar-refractivity contribution in [1.82, 2.24) is 0 Å². The van der Waals surface area contributed by atoms with Gasteiger partial charge in [0.15, 0.2) is 0 Å². The number of hydrogen-bond acceptors (Lipinski definition) is 6. The predicted molar refractivity (Wildman–Crippen MR) is 94.3 cm³/mol. The van der Waals surface area contributed by atoms with E-state index >= 15 is 0 Å². The Bertz CT molecular complexity index is 759. The van der Waals surface area contributed by atoms with Gasteiger partial charge in [0.2, 0.25) is 5.91 Å². The average Bonchev–Trinajstić information content (AvgIpc) is 2.60. The summed E-state index contributed by atoms with van der Waals surface area (Å²) in [6, 6.07) is 13.2. The normalized spacial score (nSPS) is 9.24. The van der Waals surface area contributed by atoms with E-state index in [0.29, 0.717) is 22.5 Å². The SMILES string of the molecule is COC(=O)c1cccc(N)c1.COC(=O)c1cccc(NC(C)=O)c1. The second-order valence-electron chi connectivity index (χ2n) is 4.87. The maximum absolute atomic E-state index is 11.1. The average molecular weight is 344 g/mol. The van der Waals surface area contributed by atoms with Crippen LogP contribution in [0.5, 0.6) is 0 Å². The Balaban J connectivity index is 0.000000257. The van der Waals surface area contributed by atoms with Gasteiger partial charge in [0, 0.05) is 18.3 Å². The third-order valence-electron chi connectivity index (χ3n) is 2.91. The van der Waals surface area contributed by atoms with Gasteiger partial charge in [-0.2, -0.15) is 0 Å². The summed E-state index contributed by atoms with van der Waals surface area (Å²) in [5.41, 5.74) is 7.48. The third kappa shape index (κ3) is 6.74. The molecule has 0 aromatic heterocycles. The number of rotatable bonds is 3. The zero-order chi connectivity index (χ0) is 18.8. The molecule has 25 heavy (non-hydrogen) atoms. The first-order chi connectivity index (χ1) is 11.9. The molecule has 0 radical (unpaired) electrons. The van der Waals surface area contributed by atoms with Gasteiger partial charge in [-0.3, -0.25) is 4.79 Å². The summed E-state index contributed by atoms with van der Waals surface area (Å²) < 4.78 is 9.04. The molecule has 1 amide bonds. The summed E-state index contributed by atoms with van der Waals surface area (Å²) in [7, 11) is 2.65. The number of ether oxygens (including phenoxy) is 2. The standard InChI is InChI=1S/C10H11NO3.C8H9NO2/c1-7(12)11-9-5-3-4-8(6-9)10(13)14-2;1-11-8(10)6-3-2-4-7(9)5-6/h3-6H,1-2H3,(H,11,12);2-5H,9H2,1H3. The summed E-state index contributed by atoms with van der Waals surface area (Å²) in [5.74, 6) is -0.957. The lowest BCUT2D eigenvalue weighted by Crippen LogP contribution is -2.07. The molecule has 7 nitrogen and oxygen atoms in total. The van der Waals surface area contributed by atoms with Crippen LogP contribution in [0.15, 0.2) is 48.5 Å². The van der Waals surface area contributed by atoms with Crippen molar-refractivity contribution in [3.8, 4) is 0 Å². The quantitative estimate of drug-likeness (QED) is 0.654. The molecular weight excluding hydrogens is 324 g/mol. The van der Waals surface area contributed by atoms with Crippen molar-refractivity contribution in [2.45, 2.75) is 6.92 Å². The van der Waals surface area contributed by atoms with Gasteiger partial charge in [-0.15, -0.1) is 0 Å². The molecule has 0 heterocycles. The molecule has 2 aromatic rings. The molecule has 0 saturated heterocycles. The lowest BCUT2D eigenvalue weighted by molar-refractivity contribution is -0.114. The van der Waals surface area contributed by atoms with Crippen LogP contribution in [0, 0.1) is 0 Å². The first-order valence-corrected chi connectivity index (χ1v) is 7.27. The van der Waals surface area contributed by atoms with E-state index in [2.05, 4.69) is 14.8 Å². The Hall–Kier alpha value is -3.35. The van der Waals surface area contributed by atoms with Gasteiger partial charge in [-0.25, -0.2) is 9.59 Å². The smallest absolute Gasteiger partial charge is 0.337 e. The Morgan fingerprint density at radius 1 is 0.880 bits per heavy atom. The molecule has 0 fully saturated rings. The highest BCUT2D eigenvalue weighted by atomic mass is 16.5. The maximum Gasteiger partial charge on any atom is 0.337 e. The van der Waals surface area contributed by atoms with Crippen LogP contribution in [0.3, 0.4) is 0 Å². The number of nitrogens with two attached hydrogens (primary N) is 1. The van der Waals surface area contributed by atoms with E-state index in [9.17, 15) is 14.4 Å². The van der Waals surface area contributed by atoms with Crippen LogP contribution >= 0.6 is 0 Å². The third-order valence-corrected chi connectivity index (χ3v) is 2.91. The summed E-state index contributed by atoms with van der Waals surface area (Å²) in [6.07, 6.45) is 0. The lowest BCUT2D eigenvalue weighted by atomic mass is 10.2. The molecule has 0 aliphatic carbocycles. The van der Waals surface area contributed by atoms with Gasteiger partial charge in [-0.1, -0.05) is 12.1 Å².